The summed E-state index contributed by atoms with van der Waals surface area (Å²) >= 11 is 0. The Bertz CT molecular complexity index is 1020. The van der Waals surface area contributed by atoms with E-state index in [0.29, 0.717) is 21.4 Å². The monoisotopic (exact) mass is 331 g/mol. The van der Waals surface area contributed by atoms with Crippen LogP contribution in [0.2, 0.25) is 0 Å². The van der Waals surface area contributed by atoms with Gasteiger partial charge in [0.1, 0.15) is 5.75 Å². The van der Waals surface area contributed by atoms with Gasteiger partial charge >= 0.3 is 6.09 Å². The van der Waals surface area contributed by atoms with Crippen LogP contribution >= 0.6 is 0 Å². The van der Waals surface area contributed by atoms with Crippen LogP contribution in [0.5, 0.6) is 5.75 Å². The minimum atomic E-state index is -1.01. The van der Waals surface area contributed by atoms with E-state index in [1.807, 2.05) is 13.0 Å². The number of aryl methyl sites for hydroxylation is 1. The summed E-state index contributed by atoms with van der Waals surface area (Å²) in [5.74, 6) is -1.08. The van der Waals surface area contributed by atoms with Crippen LogP contribution in [0.4, 0.5) is 4.79 Å². The largest absolute Gasteiger partial charge is 0.429 e. The minimum absolute atomic E-state index is 0.265. The predicted molar refractivity (Wildman–Crippen MR) is 91.7 cm³/mol. The maximum atomic E-state index is 12.8. The molecule has 5 nitrogen and oxygen atoms in total. The van der Waals surface area contributed by atoms with Crippen LogP contribution in [0.3, 0.4) is 0 Å². The molecule has 0 bridgehead atoms. The van der Waals surface area contributed by atoms with Gasteiger partial charge in [0.15, 0.2) is 0 Å². The van der Waals surface area contributed by atoms with E-state index in [1.165, 1.54) is 0 Å². The molecule has 0 aromatic heterocycles. The summed E-state index contributed by atoms with van der Waals surface area (Å²) in [6.07, 6.45) is -1.01. The van der Waals surface area contributed by atoms with Crippen LogP contribution in [0, 0.1) is 6.92 Å². The standard InChI is InChI=1S/C20H13NO4/c1-12-10-11-16-17-14(12)8-5-9-15(17)18(22)21(19(16)23)20(24)25-13-6-3-2-4-7-13/h2-11H,1H3. The van der Waals surface area contributed by atoms with Crippen molar-refractivity contribution >= 4 is 28.7 Å². The van der Waals surface area contributed by atoms with Gasteiger partial charge < -0.3 is 4.74 Å². The molecular formula is C20H13NO4. The number of carbonyl (C=O) groups excluding carboxylic acids is 3. The molecule has 0 unspecified atom stereocenters. The molecule has 0 atom stereocenters. The summed E-state index contributed by atoms with van der Waals surface area (Å²) in [5.41, 5.74) is 1.60. The van der Waals surface area contributed by atoms with E-state index in [0.717, 1.165) is 10.9 Å². The lowest BCUT2D eigenvalue weighted by atomic mass is 9.92. The van der Waals surface area contributed by atoms with Gasteiger partial charge in [-0.15, -0.1) is 0 Å². The number of amides is 3. The van der Waals surface area contributed by atoms with Crippen molar-refractivity contribution in [3.63, 3.8) is 0 Å². The third kappa shape index (κ3) is 2.29. The molecule has 0 fully saturated rings. The molecule has 0 N–H and O–H groups in total. The lowest BCUT2D eigenvalue weighted by Crippen LogP contribution is -2.46. The van der Waals surface area contributed by atoms with Crippen LogP contribution in [0.1, 0.15) is 26.3 Å². The number of nitrogens with zero attached hydrogens (tertiary/aromatic N) is 1. The molecule has 1 aliphatic rings. The van der Waals surface area contributed by atoms with Crippen molar-refractivity contribution in [2.75, 3.05) is 0 Å². The molecule has 1 aliphatic heterocycles. The van der Waals surface area contributed by atoms with Crippen molar-refractivity contribution in [2.24, 2.45) is 0 Å². The highest BCUT2D eigenvalue weighted by atomic mass is 16.6. The Hall–Kier alpha value is -3.47. The fourth-order valence-corrected chi connectivity index (χ4v) is 3.04. The average Bonchev–Trinajstić information content (AvgIpc) is 2.62. The Morgan fingerprint density at radius 1 is 0.840 bits per heavy atom. The van der Waals surface area contributed by atoms with Crippen molar-refractivity contribution in [1.82, 2.24) is 4.90 Å². The molecule has 4 rings (SSSR count). The molecule has 25 heavy (non-hydrogen) atoms. The van der Waals surface area contributed by atoms with Gasteiger partial charge in [0.25, 0.3) is 11.8 Å². The maximum absolute atomic E-state index is 12.8. The Balaban J connectivity index is 1.80. The normalized spacial score (nSPS) is 13.2. The second kappa shape index (κ2) is 5.56. The number of hydrogen-bond donors (Lipinski definition) is 0. The SMILES string of the molecule is Cc1ccc2c3c(cccc13)C(=O)N(C(=O)Oc1ccccc1)C2=O. The first-order valence-electron chi connectivity index (χ1n) is 7.76. The predicted octanol–water partition coefficient (Wildman–Crippen LogP) is 3.94. The lowest BCUT2D eigenvalue weighted by molar-refractivity contribution is 0.0619. The van der Waals surface area contributed by atoms with E-state index in [4.69, 9.17) is 4.74 Å². The molecule has 5 heteroatoms. The zero-order valence-electron chi connectivity index (χ0n) is 13.4. The molecule has 0 aliphatic carbocycles. The molecule has 3 amide bonds. The van der Waals surface area contributed by atoms with E-state index in [9.17, 15) is 14.4 Å². The third-order valence-electron chi connectivity index (χ3n) is 4.26. The number of imide groups is 3. The Labute approximate surface area is 143 Å². The van der Waals surface area contributed by atoms with Gasteiger partial charge in [0.05, 0.1) is 0 Å². The van der Waals surface area contributed by atoms with E-state index in [2.05, 4.69) is 0 Å². The number of carbonyl (C=O) groups is 3. The van der Waals surface area contributed by atoms with Crippen LogP contribution in [0.25, 0.3) is 10.8 Å². The molecule has 0 spiro atoms. The summed E-state index contributed by atoms with van der Waals surface area (Å²) in [4.78, 5) is 38.5. The Morgan fingerprint density at radius 2 is 1.52 bits per heavy atom. The first-order chi connectivity index (χ1) is 12.1. The summed E-state index contributed by atoms with van der Waals surface area (Å²) in [6, 6.07) is 17.0. The zero-order chi connectivity index (χ0) is 17.6. The van der Waals surface area contributed by atoms with Gasteiger partial charge in [-0.05, 0) is 42.1 Å². The Morgan fingerprint density at radius 3 is 2.24 bits per heavy atom. The third-order valence-corrected chi connectivity index (χ3v) is 4.26. The lowest BCUT2D eigenvalue weighted by Gasteiger charge is -2.25. The molecule has 3 aromatic carbocycles. The highest BCUT2D eigenvalue weighted by Crippen LogP contribution is 2.32. The molecule has 3 aromatic rings. The number of rotatable bonds is 1. The van der Waals surface area contributed by atoms with Crippen molar-refractivity contribution in [3.8, 4) is 5.75 Å². The first-order valence-corrected chi connectivity index (χ1v) is 7.76. The zero-order valence-corrected chi connectivity index (χ0v) is 13.4. The van der Waals surface area contributed by atoms with E-state index in [1.54, 1.807) is 54.6 Å². The van der Waals surface area contributed by atoms with E-state index < -0.39 is 17.9 Å². The molecule has 1 heterocycles. The topological polar surface area (TPSA) is 63.7 Å². The average molecular weight is 331 g/mol. The fourth-order valence-electron chi connectivity index (χ4n) is 3.04. The van der Waals surface area contributed by atoms with Gasteiger partial charge in [-0.25, -0.2) is 4.79 Å². The molecule has 122 valence electrons. The first kappa shape index (κ1) is 15.1. The Kier molecular flexibility index (Phi) is 3.35. The summed E-state index contributed by atoms with van der Waals surface area (Å²) < 4.78 is 5.17. The summed E-state index contributed by atoms with van der Waals surface area (Å²) in [6.45, 7) is 1.91. The molecular weight excluding hydrogens is 318 g/mol. The highest BCUT2D eigenvalue weighted by molar-refractivity contribution is 6.30. The number of hydrogen-bond acceptors (Lipinski definition) is 4. The molecule has 0 saturated carbocycles. The maximum Gasteiger partial charge on any atom is 0.429 e. The number of benzene rings is 3. The number of ether oxygens (including phenoxy) is 1. The second-order valence-electron chi connectivity index (χ2n) is 5.78. The van der Waals surface area contributed by atoms with Crippen LogP contribution in [-0.2, 0) is 0 Å². The van der Waals surface area contributed by atoms with Crippen LogP contribution in [0.15, 0.2) is 60.7 Å². The van der Waals surface area contributed by atoms with Crippen molar-refractivity contribution in [1.29, 1.82) is 0 Å². The minimum Gasteiger partial charge on any atom is -0.410 e. The highest BCUT2D eigenvalue weighted by Gasteiger charge is 2.38. The number of para-hydroxylation sites is 1. The van der Waals surface area contributed by atoms with Crippen molar-refractivity contribution in [2.45, 2.75) is 6.92 Å². The van der Waals surface area contributed by atoms with Crippen LogP contribution in [-0.4, -0.2) is 22.8 Å². The smallest absolute Gasteiger partial charge is 0.410 e. The second-order valence-corrected chi connectivity index (χ2v) is 5.78. The van der Waals surface area contributed by atoms with E-state index in [-0.39, 0.29) is 5.75 Å². The van der Waals surface area contributed by atoms with Gasteiger partial charge in [-0.2, -0.15) is 4.90 Å². The summed E-state index contributed by atoms with van der Waals surface area (Å²) in [7, 11) is 0. The quantitative estimate of drug-likeness (QED) is 0.634. The van der Waals surface area contributed by atoms with Gasteiger partial charge in [0, 0.05) is 16.5 Å². The van der Waals surface area contributed by atoms with Gasteiger partial charge in [-0.3, -0.25) is 9.59 Å². The van der Waals surface area contributed by atoms with Gasteiger partial charge in [0.2, 0.25) is 0 Å². The fraction of sp³-hybridized carbons (Fsp3) is 0.0500. The molecule has 0 saturated heterocycles. The van der Waals surface area contributed by atoms with Crippen molar-refractivity contribution < 1.29 is 19.1 Å². The molecule has 0 radical (unpaired) electrons. The van der Waals surface area contributed by atoms with Crippen LogP contribution < -0.4 is 4.74 Å². The van der Waals surface area contributed by atoms with Gasteiger partial charge in [-0.1, -0.05) is 36.4 Å². The van der Waals surface area contributed by atoms with Crippen molar-refractivity contribution in [3.05, 3.63) is 77.4 Å². The van der Waals surface area contributed by atoms with E-state index >= 15 is 0 Å². The summed E-state index contributed by atoms with van der Waals surface area (Å²) in [5, 5.41) is 1.41.